The van der Waals surface area contributed by atoms with Crippen LogP contribution in [0.1, 0.15) is 114 Å². The van der Waals surface area contributed by atoms with Crippen molar-refractivity contribution in [2.24, 2.45) is 11.8 Å². The summed E-state index contributed by atoms with van der Waals surface area (Å²) in [6.07, 6.45) is 18.7. The first-order valence-electron chi connectivity index (χ1n) is 13.6. The van der Waals surface area contributed by atoms with Crippen LogP contribution in [-0.4, -0.2) is 22.5 Å². The number of aromatic nitrogens is 2. The number of aryl methyl sites for hydroxylation is 1. The lowest BCUT2D eigenvalue weighted by atomic mass is 9.98. The Balaban J connectivity index is 1.71. The number of nitrogens with zero attached hydrogens (tertiary/aromatic N) is 2. The predicted octanol–water partition coefficient (Wildman–Crippen LogP) is 8.45. The summed E-state index contributed by atoms with van der Waals surface area (Å²) in [4.78, 5) is 21.4. The highest BCUT2D eigenvalue weighted by atomic mass is 16.5. The largest absolute Gasteiger partial charge is 0.462 e. The molecular weight excluding hydrogens is 420 g/mol. The van der Waals surface area contributed by atoms with Gasteiger partial charge in [0.15, 0.2) is 5.82 Å². The fraction of sp³-hybridized carbons (Fsp3) is 0.633. The van der Waals surface area contributed by atoms with Crippen molar-refractivity contribution in [2.75, 3.05) is 6.61 Å². The maximum absolute atomic E-state index is 12.4. The monoisotopic (exact) mass is 466 g/mol. The summed E-state index contributed by atoms with van der Waals surface area (Å²) in [5, 5.41) is 0. The van der Waals surface area contributed by atoms with Gasteiger partial charge < -0.3 is 4.74 Å². The molecular formula is C30H46N2O2. The van der Waals surface area contributed by atoms with Crippen LogP contribution in [-0.2, 0) is 11.2 Å². The zero-order valence-corrected chi connectivity index (χ0v) is 22.0. The molecule has 4 nitrogen and oxygen atoms in total. The van der Waals surface area contributed by atoms with E-state index >= 15 is 0 Å². The number of carbonyl (C=O) groups excluding carboxylic acids is 1. The molecule has 2 aromatic rings. The molecule has 0 N–H and O–H groups in total. The molecule has 34 heavy (non-hydrogen) atoms. The summed E-state index contributed by atoms with van der Waals surface area (Å²) in [5.41, 5.74) is 2.68. The summed E-state index contributed by atoms with van der Waals surface area (Å²) >= 11 is 0. The molecule has 0 radical (unpaired) electrons. The highest BCUT2D eigenvalue weighted by molar-refractivity contribution is 5.89. The Morgan fingerprint density at radius 2 is 1.47 bits per heavy atom. The topological polar surface area (TPSA) is 52.1 Å². The van der Waals surface area contributed by atoms with Gasteiger partial charge in [0.05, 0.1) is 12.2 Å². The van der Waals surface area contributed by atoms with Gasteiger partial charge in [0, 0.05) is 18.0 Å². The molecule has 0 saturated carbocycles. The van der Waals surface area contributed by atoms with Gasteiger partial charge in [-0.15, -0.1) is 0 Å². The van der Waals surface area contributed by atoms with Crippen LogP contribution in [0.4, 0.5) is 0 Å². The van der Waals surface area contributed by atoms with Gasteiger partial charge in [-0.2, -0.15) is 0 Å². The zero-order valence-electron chi connectivity index (χ0n) is 22.0. The number of benzene rings is 1. The summed E-state index contributed by atoms with van der Waals surface area (Å²) in [6, 6.07) is 7.41. The third-order valence-electron chi connectivity index (χ3n) is 6.48. The molecule has 0 fully saturated rings. The van der Waals surface area contributed by atoms with Gasteiger partial charge in [0.1, 0.15) is 0 Å². The maximum Gasteiger partial charge on any atom is 0.338 e. The van der Waals surface area contributed by atoms with Crippen LogP contribution in [0.25, 0.3) is 11.4 Å². The smallest absolute Gasteiger partial charge is 0.338 e. The Hall–Kier alpha value is -2.23. The Morgan fingerprint density at radius 1 is 0.824 bits per heavy atom. The molecule has 0 bridgehead atoms. The van der Waals surface area contributed by atoms with Crippen molar-refractivity contribution in [2.45, 2.75) is 105 Å². The minimum Gasteiger partial charge on any atom is -0.462 e. The van der Waals surface area contributed by atoms with Crippen molar-refractivity contribution < 1.29 is 9.53 Å². The lowest BCUT2D eigenvalue weighted by Crippen LogP contribution is -2.09. The van der Waals surface area contributed by atoms with E-state index in [1.54, 1.807) is 12.1 Å². The number of ether oxygens (including phenoxy) is 1. The van der Waals surface area contributed by atoms with Gasteiger partial charge in [-0.1, -0.05) is 97.6 Å². The highest BCUT2D eigenvalue weighted by Crippen LogP contribution is 2.18. The van der Waals surface area contributed by atoms with E-state index in [0.717, 1.165) is 24.3 Å². The molecule has 2 rings (SSSR count). The van der Waals surface area contributed by atoms with E-state index < -0.39 is 0 Å². The van der Waals surface area contributed by atoms with E-state index in [9.17, 15) is 4.79 Å². The Labute approximate surface area is 208 Å². The molecule has 0 aliphatic carbocycles. The standard InChI is InChI=1S/C30H46N2O2/c1-5-6-7-8-9-10-11-15-26-22-31-29(32-23-26)27-16-18-28(19-17-27)30(33)34-21-20-25(4)14-12-13-24(2)3/h16-19,22-25H,5-15,20-21H2,1-4H3. The molecule has 1 aromatic carbocycles. The Bertz CT molecular complexity index is 800. The Morgan fingerprint density at radius 3 is 2.12 bits per heavy atom. The number of esters is 1. The second-order valence-corrected chi connectivity index (χ2v) is 10.2. The van der Waals surface area contributed by atoms with Crippen LogP contribution < -0.4 is 0 Å². The number of unbranched alkanes of at least 4 members (excludes halogenated alkanes) is 6. The van der Waals surface area contributed by atoms with E-state index in [-0.39, 0.29) is 5.97 Å². The van der Waals surface area contributed by atoms with Crippen LogP contribution in [0.3, 0.4) is 0 Å². The van der Waals surface area contributed by atoms with Crippen molar-refractivity contribution in [1.29, 1.82) is 0 Å². The second-order valence-electron chi connectivity index (χ2n) is 10.2. The quantitative estimate of drug-likeness (QED) is 0.173. The van der Waals surface area contributed by atoms with Gasteiger partial charge in [0.25, 0.3) is 0 Å². The number of carbonyl (C=O) groups is 1. The van der Waals surface area contributed by atoms with Crippen molar-refractivity contribution >= 4 is 5.97 Å². The Kier molecular flexibility index (Phi) is 13.5. The molecule has 1 atom stereocenters. The minimum atomic E-state index is -0.258. The van der Waals surface area contributed by atoms with Gasteiger partial charge in [0.2, 0.25) is 0 Å². The molecule has 0 aliphatic rings. The minimum absolute atomic E-state index is 0.258. The average Bonchev–Trinajstić information content (AvgIpc) is 2.83. The summed E-state index contributed by atoms with van der Waals surface area (Å²) in [6.45, 7) is 9.49. The van der Waals surface area contributed by atoms with E-state index in [1.807, 2.05) is 24.5 Å². The van der Waals surface area contributed by atoms with Gasteiger partial charge in [-0.3, -0.25) is 0 Å². The fourth-order valence-corrected chi connectivity index (χ4v) is 4.13. The first-order valence-corrected chi connectivity index (χ1v) is 13.6. The van der Waals surface area contributed by atoms with Gasteiger partial charge >= 0.3 is 5.97 Å². The predicted molar refractivity (Wildman–Crippen MR) is 142 cm³/mol. The van der Waals surface area contributed by atoms with Crippen LogP contribution in [0.15, 0.2) is 36.7 Å². The molecule has 1 unspecified atom stereocenters. The number of rotatable bonds is 17. The highest BCUT2D eigenvalue weighted by Gasteiger charge is 2.10. The van der Waals surface area contributed by atoms with Gasteiger partial charge in [-0.25, -0.2) is 14.8 Å². The normalized spacial score (nSPS) is 12.1. The fourth-order valence-electron chi connectivity index (χ4n) is 4.13. The lowest BCUT2D eigenvalue weighted by Gasteiger charge is -2.12. The summed E-state index contributed by atoms with van der Waals surface area (Å²) in [5.74, 6) is 1.77. The maximum atomic E-state index is 12.4. The van der Waals surface area contributed by atoms with Crippen molar-refractivity contribution in [3.8, 4) is 11.4 Å². The third-order valence-corrected chi connectivity index (χ3v) is 6.48. The van der Waals surface area contributed by atoms with E-state index in [1.165, 1.54) is 69.8 Å². The molecule has 0 saturated heterocycles. The number of hydrogen-bond acceptors (Lipinski definition) is 4. The lowest BCUT2D eigenvalue weighted by molar-refractivity contribution is 0.0483. The first kappa shape index (κ1) is 28.0. The SMILES string of the molecule is CCCCCCCCCc1cnc(-c2ccc(C(=O)OCCC(C)CCCC(C)C)cc2)nc1. The van der Waals surface area contributed by atoms with E-state index in [0.29, 0.717) is 23.9 Å². The molecule has 0 spiro atoms. The van der Waals surface area contributed by atoms with Crippen LogP contribution in [0, 0.1) is 11.8 Å². The van der Waals surface area contributed by atoms with E-state index in [4.69, 9.17) is 4.74 Å². The first-order chi connectivity index (χ1) is 16.5. The van der Waals surface area contributed by atoms with Crippen LogP contribution >= 0.6 is 0 Å². The third kappa shape index (κ3) is 11.3. The number of hydrogen-bond donors (Lipinski definition) is 0. The molecule has 188 valence electrons. The van der Waals surface area contributed by atoms with Crippen LogP contribution in [0.5, 0.6) is 0 Å². The molecule has 4 heteroatoms. The van der Waals surface area contributed by atoms with Crippen molar-refractivity contribution in [3.63, 3.8) is 0 Å². The van der Waals surface area contributed by atoms with Gasteiger partial charge in [-0.05, 0) is 48.8 Å². The van der Waals surface area contributed by atoms with Crippen LogP contribution in [0.2, 0.25) is 0 Å². The van der Waals surface area contributed by atoms with Crippen molar-refractivity contribution in [3.05, 3.63) is 47.8 Å². The zero-order chi connectivity index (χ0) is 24.6. The second kappa shape index (κ2) is 16.4. The summed E-state index contributed by atoms with van der Waals surface area (Å²) < 4.78 is 5.49. The average molecular weight is 467 g/mol. The van der Waals surface area contributed by atoms with E-state index in [2.05, 4.69) is 37.7 Å². The molecule has 0 amide bonds. The summed E-state index contributed by atoms with van der Waals surface area (Å²) in [7, 11) is 0. The van der Waals surface area contributed by atoms with Crippen molar-refractivity contribution in [1.82, 2.24) is 9.97 Å². The molecule has 1 heterocycles. The molecule has 0 aliphatic heterocycles. The molecule has 1 aromatic heterocycles.